The lowest BCUT2D eigenvalue weighted by molar-refractivity contribution is -0.200. The van der Waals surface area contributed by atoms with Crippen molar-refractivity contribution < 1.29 is 19.0 Å². The van der Waals surface area contributed by atoms with Gasteiger partial charge in [0, 0.05) is 19.6 Å². The molecular weight excluding hydrogens is 294 g/mol. The van der Waals surface area contributed by atoms with E-state index in [4.69, 9.17) is 14.2 Å². The van der Waals surface area contributed by atoms with Gasteiger partial charge in [0.25, 0.3) is 0 Å². The van der Waals surface area contributed by atoms with Crippen LogP contribution in [0.15, 0.2) is 24.3 Å². The molecule has 1 amide bonds. The van der Waals surface area contributed by atoms with E-state index in [0.717, 1.165) is 37.4 Å². The SMILES string of the molecule is CCOC1CCOC2(C1)CN(C(=O)Cc1ccc(OC)cc1)C2. The predicted molar refractivity (Wildman–Crippen MR) is 86.6 cm³/mol. The Kier molecular flexibility index (Phi) is 4.87. The standard InChI is InChI=1S/C18H25NO4/c1-3-22-16-8-9-23-18(11-16)12-19(13-18)17(20)10-14-4-6-15(21-2)7-5-14/h4-7,16H,3,8-13H2,1-2H3. The van der Waals surface area contributed by atoms with Crippen molar-refractivity contribution in [2.24, 2.45) is 0 Å². The van der Waals surface area contributed by atoms with Gasteiger partial charge in [-0.25, -0.2) is 0 Å². The van der Waals surface area contributed by atoms with Crippen molar-refractivity contribution in [1.29, 1.82) is 0 Å². The molecule has 0 radical (unpaired) electrons. The Bertz CT molecular complexity index is 534. The Morgan fingerprint density at radius 1 is 1.35 bits per heavy atom. The predicted octanol–water partition coefficient (Wildman–Crippen LogP) is 2.03. The highest BCUT2D eigenvalue weighted by Crippen LogP contribution is 2.35. The topological polar surface area (TPSA) is 48.0 Å². The third kappa shape index (κ3) is 3.67. The van der Waals surface area contributed by atoms with Crippen LogP contribution in [0.25, 0.3) is 0 Å². The van der Waals surface area contributed by atoms with E-state index < -0.39 is 0 Å². The molecule has 5 heteroatoms. The average molecular weight is 319 g/mol. The summed E-state index contributed by atoms with van der Waals surface area (Å²) >= 11 is 0. The molecule has 2 aliphatic rings. The minimum atomic E-state index is -0.173. The summed E-state index contributed by atoms with van der Waals surface area (Å²) in [4.78, 5) is 14.3. The first kappa shape index (κ1) is 16.3. The van der Waals surface area contributed by atoms with Crippen molar-refractivity contribution in [3.05, 3.63) is 29.8 Å². The van der Waals surface area contributed by atoms with Crippen LogP contribution in [0, 0.1) is 0 Å². The van der Waals surface area contributed by atoms with Gasteiger partial charge in [0.2, 0.25) is 5.91 Å². The maximum atomic E-state index is 12.4. The molecule has 0 N–H and O–H groups in total. The molecule has 1 atom stereocenters. The van der Waals surface area contributed by atoms with E-state index in [1.807, 2.05) is 36.1 Å². The van der Waals surface area contributed by atoms with Crippen molar-refractivity contribution >= 4 is 5.91 Å². The molecular formula is C18H25NO4. The molecule has 5 nitrogen and oxygen atoms in total. The maximum absolute atomic E-state index is 12.4. The third-order valence-corrected chi connectivity index (χ3v) is 4.68. The fourth-order valence-electron chi connectivity index (χ4n) is 3.44. The van der Waals surface area contributed by atoms with E-state index in [-0.39, 0.29) is 17.6 Å². The molecule has 0 saturated carbocycles. The Hall–Kier alpha value is -1.59. The van der Waals surface area contributed by atoms with Crippen LogP contribution >= 0.6 is 0 Å². The van der Waals surface area contributed by atoms with Crippen molar-refractivity contribution in [1.82, 2.24) is 4.90 Å². The summed E-state index contributed by atoms with van der Waals surface area (Å²) in [5, 5.41) is 0. The van der Waals surface area contributed by atoms with E-state index in [1.165, 1.54) is 0 Å². The van der Waals surface area contributed by atoms with Gasteiger partial charge in [-0.05, 0) is 31.0 Å². The van der Waals surface area contributed by atoms with Gasteiger partial charge in [0.05, 0.1) is 32.7 Å². The van der Waals surface area contributed by atoms with Gasteiger partial charge in [0.15, 0.2) is 0 Å². The molecule has 1 unspecified atom stereocenters. The lowest BCUT2D eigenvalue weighted by Crippen LogP contribution is -2.67. The summed E-state index contributed by atoms with van der Waals surface area (Å²) in [6, 6.07) is 7.65. The van der Waals surface area contributed by atoms with Gasteiger partial charge in [0.1, 0.15) is 11.4 Å². The molecule has 1 aromatic carbocycles. The van der Waals surface area contributed by atoms with Crippen LogP contribution in [0.4, 0.5) is 0 Å². The van der Waals surface area contributed by atoms with Crippen LogP contribution in [0.2, 0.25) is 0 Å². The first-order valence-electron chi connectivity index (χ1n) is 8.30. The molecule has 0 aliphatic carbocycles. The number of hydrogen-bond acceptors (Lipinski definition) is 4. The van der Waals surface area contributed by atoms with E-state index in [9.17, 15) is 4.79 Å². The molecule has 23 heavy (non-hydrogen) atoms. The Labute approximate surface area is 137 Å². The highest BCUT2D eigenvalue weighted by atomic mass is 16.5. The molecule has 3 rings (SSSR count). The number of nitrogens with zero attached hydrogens (tertiary/aromatic N) is 1. The summed E-state index contributed by atoms with van der Waals surface area (Å²) in [7, 11) is 1.64. The number of amides is 1. The highest BCUT2D eigenvalue weighted by Gasteiger charge is 2.49. The first-order valence-corrected chi connectivity index (χ1v) is 8.30. The minimum Gasteiger partial charge on any atom is -0.497 e. The summed E-state index contributed by atoms with van der Waals surface area (Å²) < 4.78 is 16.8. The smallest absolute Gasteiger partial charge is 0.227 e. The van der Waals surface area contributed by atoms with E-state index in [2.05, 4.69) is 0 Å². The lowest BCUT2D eigenvalue weighted by Gasteiger charge is -2.53. The zero-order chi connectivity index (χ0) is 16.3. The number of likely N-dealkylation sites (tertiary alicyclic amines) is 1. The zero-order valence-electron chi connectivity index (χ0n) is 13.9. The number of methoxy groups -OCH3 is 1. The van der Waals surface area contributed by atoms with E-state index in [1.54, 1.807) is 7.11 Å². The Morgan fingerprint density at radius 3 is 2.74 bits per heavy atom. The number of carbonyl (C=O) groups is 1. The van der Waals surface area contributed by atoms with Gasteiger partial charge >= 0.3 is 0 Å². The summed E-state index contributed by atoms with van der Waals surface area (Å²) in [6.45, 7) is 4.86. The molecule has 1 aromatic rings. The normalized spacial score (nSPS) is 22.7. The van der Waals surface area contributed by atoms with Gasteiger partial charge < -0.3 is 19.1 Å². The second-order valence-corrected chi connectivity index (χ2v) is 6.38. The highest BCUT2D eigenvalue weighted by molar-refractivity contribution is 5.80. The van der Waals surface area contributed by atoms with Crippen LogP contribution in [0.5, 0.6) is 5.75 Å². The monoisotopic (exact) mass is 319 g/mol. The van der Waals surface area contributed by atoms with Gasteiger partial charge in [-0.15, -0.1) is 0 Å². The molecule has 0 aromatic heterocycles. The van der Waals surface area contributed by atoms with Gasteiger partial charge in [-0.2, -0.15) is 0 Å². The number of benzene rings is 1. The fourth-order valence-corrected chi connectivity index (χ4v) is 3.44. The summed E-state index contributed by atoms with van der Waals surface area (Å²) in [5.41, 5.74) is 0.835. The quantitative estimate of drug-likeness (QED) is 0.833. The van der Waals surface area contributed by atoms with Gasteiger partial charge in [-0.3, -0.25) is 4.79 Å². The third-order valence-electron chi connectivity index (χ3n) is 4.68. The van der Waals surface area contributed by atoms with Crippen molar-refractivity contribution in [3.63, 3.8) is 0 Å². The fraction of sp³-hybridized carbons (Fsp3) is 0.611. The largest absolute Gasteiger partial charge is 0.497 e. The molecule has 126 valence electrons. The zero-order valence-corrected chi connectivity index (χ0v) is 13.9. The number of ether oxygens (including phenoxy) is 3. The molecule has 2 heterocycles. The van der Waals surface area contributed by atoms with Crippen LogP contribution < -0.4 is 4.74 Å². The number of hydrogen-bond donors (Lipinski definition) is 0. The van der Waals surface area contributed by atoms with Crippen molar-refractivity contribution in [3.8, 4) is 5.75 Å². The number of carbonyl (C=O) groups excluding carboxylic acids is 1. The molecule has 0 bridgehead atoms. The summed E-state index contributed by atoms with van der Waals surface area (Å²) in [6.07, 6.45) is 2.55. The van der Waals surface area contributed by atoms with Crippen LogP contribution in [0.1, 0.15) is 25.3 Å². The van der Waals surface area contributed by atoms with Crippen LogP contribution in [-0.4, -0.2) is 55.9 Å². The second kappa shape index (κ2) is 6.89. The van der Waals surface area contributed by atoms with Crippen molar-refractivity contribution in [2.75, 3.05) is 33.4 Å². The average Bonchev–Trinajstić information content (AvgIpc) is 2.54. The molecule has 2 saturated heterocycles. The minimum absolute atomic E-state index is 0.155. The van der Waals surface area contributed by atoms with E-state index in [0.29, 0.717) is 19.5 Å². The van der Waals surface area contributed by atoms with Crippen LogP contribution in [-0.2, 0) is 20.7 Å². The summed E-state index contributed by atoms with van der Waals surface area (Å²) in [5.74, 6) is 0.963. The molecule has 2 aliphatic heterocycles. The van der Waals surface area contributed by atoms with Crippen molar-refractivity contribution in [2.45, 2.75) is 37.9 Å². The van der Waals surface area contributed by atoms with E-state index >= 15 is 0 Å². The molecule has 2 fully saturated rings. The number of rotatable bonds is 5. The Morgan fingerprint density at radius 2 is 2.09 bits per heavy atom. The first-order chi connectivity index (χ1) is 11.1. The molecule has 1 spiro atoms. The second-order valence-electron chi connectivity index (χ2n) is 6.38. The van der Waals surface area contributed by atoms with Gasteiger partial charge in [-0.1, -0.05) is 12.1 Å². The lowest BCUT2D eigenvalue weighted by atomic mass is 9.84. The maximum Gasteiger partial charge on any atom is 0.227 e. The Balaban J connectivity index is 1.51. The van der Waals surface area contributed by atoms with Crippen LogP contribution in [0.3, 0.4) is 0 Å².